The van der Waals surface area contributed by atoms with Crippen molar-refractivity contribution in [2.45, 2.75) is 31.7 Å². The fraction of sp³-hybridized carbons (Fsp3) is 0.385. The number of hydrogen-bond acceptors (Lipinski definition) is 5. The number of esters is 1. The predicted octanol–water partition coefficient (Wildman–Crippen LogP) is 2.35. The molecule has 9 nitrogen and oxygen atoms in total. The van der Waals surface area contributed by atoms with Crippen LogP contribution >= 0.6 is 0 Å². The standard InChI is InChI=1S/C26H31N5O4/c1-35-25(34)21(14-17-4-2-12-30(16-17)26(27)28)22-5-3-13-31(22)24(33)19-8-6-18(7-9-19)20-10-11-23(32)29-15-20/h4,6-11,15,21-22H,2-3,5,12-14,16H2,1H3,(H3,27,28)(H,29,32). The molecule has 2 unspecified atom stereocenters. The van der Waals surface area contributed by atoms with Crippen molar-refractivity contribution in [2.24, 2.45) is 11.7 Å². The van der Waals surface area contributed by atoms with Crippen LogP contribution in [0.3, 0.4) is 0 Å². The molecule has 1 saturated heterocycles. The Morgan fingerprint density at radius 1 is 1.17 bits per heavy atom. The average Bonchev–Trinajstić information content (AvgIpc) is 3.36. The number of methoxy groups -OCH3 is 1. The first-order valence-corrected chi connectivity index (χ1v) is 11.8. The number of ether oxygens (including phenoxy) is 1. The van der Waals surface area contributed by atoms with E-state index in [0.717, 1.165) is 36.0 Å². The van der Waals surface area contributed by atoms with Crippen molar-refractivity contribution in [3.05, 3.63) is 70.2 Å². The van der Waals surface area contributed by atoms with Gasteiger partial charge in [-0.25, -0.2) is 0 Å². The number of H-pyrrole nitrogens is 1. The number of carbonyl (C=O) groups is 2. The van der Waals surface area contributed by atoms with Crippen LogP contribution in [0.4, 0.5) is 0 Å². The largest absolute Gasteiger partial charge is 0.469 e. The van der Waals surface area contributed by atoms with E-state index < -0.39 is 5.92 Å². The molecule has 184 valence electrons. The quantitative estimate of drug-likeness (QED) is 0.253. The molecule has 4 N–H and O–H groups in total. The van der Waals surface area contributed by atoms with Crippen molar-refractivity contribution in [3.63, 3.8) is 0 Å². The minimum atomic E-state index is -0.481. The fourth-order valence-corrected chi connectivity index (χ4v) is 5.00. The van der Waals surface area contributed by atoms with Crippen LogP contribution in [0.25, 0.3) is 11.1 Å². The molecule has 0 radical (unpaired) electrons. The van der Waals surface area contributed by atoms with Gasteiger partial charge in [0.15, 0.2) is 5.96 Å². The molecule has 2 aliphatic rings. The van der Waals surface area contributed by atoms with E-state index in [1.54, 1.807) is 34.2 Å². The summed E-state index contributed by atoms with van der Waals surface area (Å²) < 4.78 is 5.14. The van der Waals surface area contributed by atoms with Gasteiger partial charge in [0.2, 0.25) is 5.56 Å². The van der Waals surface area contributed by atoms with Crippen molar-refractivity contribution >= 4 is 17.8 Å². The Hall–Kier alpha value is -3.88. The molecule has 0 bridgehead atoms. The predicted molar refractivity (Wildman–Crippen MR) is 133 cm³/mol. The molecule has 4 rings (SSSR count). The smallest absolute Gasteiger partial charge is 0.311 e. The van der Waals surface area contributed by atoms with E-state index in [4.69, 9.17) is 15.9 Å². The van der Waals surface area contributed by atoms with Gasteiger partial charge in [-0.1, -0.05) is 23.8 Å². The topological polar surface area (TPSA) is 133 Å². The Kier molecular flexibility index (Phi) is 7.33. The molecule has 0 saturated carbocycles. The minimum absolute atomic E-state index is 0.0215. The molecule has 0 spiro atoms. The van der Waals surface area contributed by atoms with Crippen LogP contribution in [0.2, 0.25) is 0 Å². The number of aromatic amines is 1. The van der Waals surface area contributed by atoms with Gasteiger partial charge in [0.25, 0.3) is 5.91 Å². The number of rotatable bonds is 6. The van der Waals surface area contributed by atoms with Gasteiger partial charge in [0.1, 0.15) is 0 Å². The van der Waals surface area contributed by atoms with Gasteiger partial charge < -0.3 is 25.3 Å². The van der Waals surface area contributed by atoms with Crippen LogP contribution in [-0.4, -0.2) is 65.4 Å². The summed E-state index contributed by atoms with van der Waals surface area (Å²) in [7, 11) is 1.38. The second kappa shape index (κ2) is 10.6. The number of guanidine groups is 1. The molecule has 1 amide bonds. The van der Waals surface area contributed by atoms with Crippen LogP contribution in [0.5, 0.6) is 0 Å². The Morgan fingerprint density at radius 2 is 1.91 bits per heavy atom. The molecule has 2 atom stereocenters. The number of nitrogens with zero attached hydrogens (tertiary/aromatic N) is 2. The molecular weight excluding hydrogens is 446 g/mol. The molecule has 2 aromatic rings. The van der Waals surface area contributed by atoms with Gasteiger partial charge in [-0.15, -0.1) is 0 Å². The lowest BCUT2D eigenvalue weighted by Crippen LogP contribution is -2.45. The van der Waals surface area contributed by atoms with E-state index in [9.17, 15) is 14.4 Å². The summed E-state index contributed by atoms with van der Waals surface area (Å²) in [6, 6.07) is 10.2. The molecule has 1 fully saturated rings. The normalized spacial score (nSPS) is 18.7. The van der Waals surface area contributed by atoms with E-state index in [1.807, 2.05) is 12.1 Å². The van der Waals surface area contributed by atoms with Crippen molar-refractivity contribution in [3.8, 4) is 11.1 Å². The minimum Gasteiger partial charge on any atom is -0.469 e. The first kappa shape index (κ1) is 24.3. The first-order valence-electron chi connectivity index (χ1n) is 11.8. The zero-order valence-electron chi connectivity index (χ0n) is 19.8. The number of pyridine rings is 1. The van der Waals surface area contributed by atoms with Gasteiger partial charge in [-0.3, -0.25) is 19.8 Å². The van der Waals surface area contributed by atoms with E-state index in [1.165, 1.54) is 13.2 Å². The van der Waals surface area contributed by atoms with Crippen molar-refractivity contribution in [1.29, 1.82) is 5.41 Å². The fourth-order valence-electron chi connectivity index (χ4n) is 5.00. The third-order valence-corrected chi connectivity index (χ3v) is 6.83. The molecule has 1 aromatic heterocycles. The summed E-state index contributed by atoms with van der Waals surface area (Å²) in [5, 5.41) is 7.73. The zero-order valence-corrected chi connectivity index (χ0v) is 19.8. The summed E-state index contributed by atoms with van der Waals surface area (Å²) in [6.45, 7) is 1.78. The monoisotopic (exact) mass is 477 g/mol. The third kappa shape index (κ3) is 5.45. The number of hydrogen-bond donors (Lipinski definition) is 3. The third-order valence-electron chi connectivity index (χ3n) is 6.83. The van der Waals surface area contributed by atoms with Gasteiger partial charge in [-0.2, -0.15) is 0 Å². The maximum absolute atomic E-state index is 13.5. The molecular formula is C26H31N5O4. The van der Waals surface area contributed by atoms with Gasteiger partial charge in [0.05, 0.1) is 13.0 Å². The zero-order chi connectivity index (χ0) is 24.9. The number of carbonyl (C=O) groups excluding carboxylic acids is 2. The van der Waals surface area contributed by atoms with Gasteiger partial charge >= 0.3 is 5.97 Å². The lowest BCUT2D eigenvalue weighted by molar-refractivity contribution is -0.147. The average molecular weight is 478 g/mol. The second-order valence-electron chi connectivity index (χ2n) is 9.02. The molecule has 9 heteroatoms. The number of nitrogens with two attached hydrogens (primary N) is 1. The Morgan fingerprint density at radius 3 is 2.57 bits per heavy atom. The van der Waals surface area contributed by atoms with Crippen molar-refractivity contribution < 1.29 is 14.3 Å². The Bertz CT molecular complexity index is 1170. The van der Waals surface area contributed by atoms with Crippen molar-refractivity contribution in [2.75, 3.05) is 26.7 Å². The van der Waals surface area contributed by atoms with Crippen LogP contribution in [0, 0.1) is 11.3 Å². The summed E-state index contributed by atoms with van der Waals surface area (Å²) in [4.78, 5) is 43.8. The van der Waals surface area contributed by atoms with Crippen LogP contribution in [-0.2, 0) is 9.53 Å². The second-order valence-corrected chi connectivity index (χ2v) is 9.02. The highest BCUT2D eigenvalue weighted by atomic mass is 16.5. The first-order chi connectivity index (χ1) is 16.9. The number of benzene rings is 1. The molecule has 3 heterocycles. The summed E-state index contributed by atoms with van der Waals surface area (Å²) >= 11 is 0. The summed E-state index contributed by atoms with van der Waals surface area (Å²) in [5.74, 6) is -0.903. The molecule has 0 aliphatic carbocycles. The van der Waals surface area contributed by atoms with E-state index >= 15 is 0 Å². The maximum atomic E-state index is 13.5. The lowest BCUT2D eigenvalue weighted by Gasteiger charge is -2.33. The summed E-state index contributed by atoms with van der Waals surface area (Å²) in [6.07, 6.45) is 6.52. The van der Waals surface area contributed by atoms with E-state index in [2.05, 4.69) is 11.1 Å². The Labute approximate surface area is 204 Å². The summed E-state index contributed by atoms with van der Waals surface area (Å²) in [5.41, 5.74) is 8.83. The highest BCUT2D eigenvalue weighted by Crippen LogP contribution is 2.32. The lowest BCUT2D eigenvalue weighted by atomic mass is 9.88. The SMILES string of the molecule is COC(=O)C(CC1=CCCN(C(=N)N)C1)C1CCCN1C(=O)c1ccc(-c2ccc(=O)[nH]c2)cc1. The van der Waals surface area contributed by atoms with Crippen molar-refractivity contribution in [1.82, 2.24) is 14.8 Å². The number of aromatic nitrogens is 1. The number of nitrogens with one attached hydrogen (secondary N) is 2. The number of likely N-dealkylation sites (tertiary alicyclic amines) is 1. The van der Waals surface area contributed by atoms with E-state index in [0.29, 0.717) is 31.6 Å². The molecule has 2 aliphatic heterocycles. The number of amides is 1. The van der Waals surface area contributed by atoms with Crippen LogP contribution in [0.1, 0.15) is 36.0 Å². The maximum Gasteiger partial charge on any atom is 0.311 e. The van der Waals surface area contributed by atoms with Crippen LogP contribution in [0.15, 0.2) is 59.0 Å². The highest BCUT2D eigenvalue weighted by Gasteiger charge is 2.40. The highest BCUT2D eigenvalue weighted by molar-refractivity contribution is 5.95. The van der Waals surface area contributed by atoms with Crippen LogP contribution < -0.4 is 11.3 Å². The molecule has 35 heavy (non-hydrogen) atoms. The molecule has 1 aromatic carbocycles. The van der Waals surface area contributed by atoms with E-state index in [-0.39, 0.29) is 29.4 Å². The van der Waals surface area contributed by atoms with Gasteiger partial charge in [-0.05, 0) is 55.0 Å². The van der Waals surface area contributed by atoms with Gasteiger partial charge in [0, 0.05) is 43.5 Å². The Balaban J connectivity index is 1.51.